The number of anilines is 1. The number of hydrogen-bond donors (Lipinski definition) is 1. The second-order valence-corrected chi connectivity index (χ2v) is 9.84. The average Bonchev–Trinajstić information content (AvgIpc) is 2.48. The molecule has 0 atom stereocenters. The molecule has 7 heteroatoms. The molecule has 1 amide bonds. The fourth-order valence-electron chi connectivity index (χ4n) is 1.78. The van der Waals surface area contributed by atoms with Crippen LogP contribution in [-0.4, -0.2) is 20.1 Å². The minimum atomic E-state index is -3.47. The normalized spacial score (nSPS) is 11.8. The molecule has 2 aromatic rings. The molecular weight excluding hydrogens is 346 g/mol. The highest BCUT2D eigenvalue weighted by Crippen LogP contribution is 2.31. The Morgan fingerprint density at radius 2 is 1.58 bits per heavy atom. The zero-order chi connectivity index (χ0) is 17.8. The maximum absolute atomic E-state index is 12.3. The smallest absolute Gasteiger partial charge is 0.412 e. The van der Waals surface area contributed by atoms with Crippen LogP contribution in [-0.2, 0) is 13.6 Å². The lowest BCUT2D eigenvalue weighted by Gasteiger charge is -2.19. The molecule has 2 aromatic carbocycles. The van der Waals surface area contributed by atoms with Crippen molar-refractivity contribution in [2.24, 2.45) is 0 Å². The first-order valence-electron chi connectivity index (χ1n) is 7.25. The largest absolute Gasteiger partial charge is 0.444 e. The molecule has 0 radical (unpaired) electrons. The Morgan fingerprint density at radius 1 is 1.00 bits per heavy atom. The lowest BCUT2D eigenvalue weighted by atomic mass is 10.2. The summed E-state index contributed by atoms with van der Waals surface area (Å²) in [6.45, 7) is 5.34. The number of carbonyl (C=O) groups is 1. The van der Waals surface area contributed by atoms with E-state index < -0.39 is 20.6 Å². The van der Waals surface area contributed by atoms with Crippen molar-refractivity contribution in [1.29, 1.82) is 0 Å². The Bertz CT molecular complexity index is 795. The Morgan fingerprint density at radius 3 is 2.12 bits per heavy atom. The van der Waals surface area contributed by atoms with E-state index in [1.807, 2.05) is 0 Å². The predicted molar refractivity (Wildman–Crippen MR) is 95.8 cm³/mol. The van der Waals surface area contributed by atoms with Crippen LogP contribution in [0.15, 0.2) is 64.4 Å². The third-order valence-electron chi connectivity index (χ3n) is 2.74. The summed E-state index contributed by atoms with van der Waals surface area (Å²) in [7, 11) is -2.70. The van der Waals surface area contributed by atoms with Crippen LogP contribution in [0.3, 0.4) is 0 Å². The van der Waals surface area contributed by atoms with Crippen LogP contribution in [0.5, 0.6) is 0 Å². The first kappa shape index (κ1) is 18.4. The van der Waals surface area contributed by atoms with Crippen molar-refractivity contribution < 1.29 is 17.9 Å². The fourth-order valence-corrected chi connectivity index (χ4v) is 4.58. The topological polar surface area (TPSA) is 72.5 Å². The zero-order valence-corrected chi connectivity index (χ0v) is 15.3. The summed E-state index contributed by atoms with van der Waals surface area (Å²) in [6, 6.07) is 14.8. The van der Waals surface area contributed by atoms with Gasteiger partial charge in [0.05, 0.1) is 4.90 Å². The Labute approximate surface area is 145 Å². The molecule has 128 valence electrons. The molecule has 5 nitrogen and oxygen atoms in total. The van der Waals surface area contributed by atoms with E-state index in [1.165, 1.54) is 0 Å². The van der Waals surface area contributed by atoms with E-state index in [-0.39, 0.29) is 4.90 Å². The summed E-state index contributed by atoms with van der Waals surface area (Å²) >= 11 is 0. The van der Waals surface area contributed by atoms with Crippen molar-refractivity contribution in [3.05, 3.63) is 54.6 Å². The zero-order valence-electron chi connectivity index (χ0n) is 13.6. The quantitative estimate of drug-likeness (QED) is 0.807. The highest BCUT2D eigenvalue weighted by Gasteiger charge is 2.17. The van der Waals surface area contributed by atoms with Gasteiger partial charge in [-0.05, 0) is 57.2 Å². The van der Waals surface area contributed by atoms with E-state index >= 15 is 0 Å². The molecule has 0 saturated carbocycles. The van der Waals surface area contributed by atoms with Crippen LogP contribution in [0.4, 0.5) is 10.5 Å². The highest BCUT2D eigenvalue weighted by molar-refractivity contribution is 8.72. The number of rotatable bonds is 4. The van der Waals surface area contributed by atoms with Crippen LogP contribution < -0.4 is 5.32 Å². The summed E-state index contributed by atoms with van der Waals surface area (Å²) < 4.78 is 29.7. The molecule has 0 saturated heterocycles. The third-order valence-corrected chi connectivity index (χ3v) is 6.08. The van der Waals surface area contributed by atoms with Gasteiger partial charge in [0.1, 0.15) is 5.60 Å². The van der Waals surface area contributed by atoms with Crippen molar-refractivity contribution in [2.45, 2.75) is 36.2 Å². The molecular formula is C17H19NO4S2. The molecule has 0 bridgehead atoms. The van der Waals surface area contributed by atoms with Gasteiger partial charge in [0.2, 0.25) is 8.87 Å². The van der Waals surface area contributed by atoms with Crippen LogP contribution in [0.1, 0.15) is 20.8 Å². The third kappa shape index (κ3) is 5.58. The van der Waals surface area contributed by atoms with Crippen molar-refractivity contribution in [3.8, 4) is 0 Å². The molecule has 24 heavy (non-hydrogen) atoms. The number of nitrogens with one attached hydrogen (secondary N) is 1. The summed E-state index contributed by atoms with van der Waals surface area (Å²) in [5.74, 6) is 0. The van der Waals surface area contributed by atoms with E-state index in [1.54, 1.807) is 75.4 Å². The van der Waals surface area contributed by atoms with Crippen LogP contribution in [0.2, 0.25) is 0 Å². The van der Waals surface area contributed by atoms with Crippen molar-refractivity contribution in [2.75, 3.05) is 5.32 Å². The van der Waals surface area contributed by atoms with Gasteiger partial charge in [0.15, 0.2) is 0 Å². The number of hydrogen-bond acceptors (Lipinski definition) is 5. The van der Waals surface area contributed by atoms with Gasteiger partial charge >= 0.3 is 6.09 Å². The summed E-state index contributed by atoms with van der Waals surface area (Å²) in [6.07, 6.45) is -0.556. The van der Waals surface area contributed by atoms with E-state index in [0.717, 1.165) is 10.8 Å². The number of ether oxygens (including phenoxy) is 1. The molecule has 2 rings (SSSR count). The van der Waals surface area contributed by atoms with Gasteiger partial charge in [-0.25, -0.2) is 13.2 Å². The lowest BCUT2D eigenvalue weighted by molar-refractivity contribution is 0.0636. The fraction of sp³-hybridized carbons (Fsp3) is 0.235. The standard InChI is InChI=1S/C17H19NO4S2/c1-17(2,3)22-16(19)18-13-9-11-14(12-10-13)23-24(20,21)15-7-5-4-6-8-15/h4-12H,1-3H3,(H,18,19). The first-order valence-corrected chi connectivity index (χ1v) is 10.1. The van der Waals surface area contributed by atoms with E-state index in [4.69, 9.17) is 4.74 Å². The van der Waals surface area contributed by atoms with Gasteiger partial charge in [0, 0.05) is 21.4 Å². The minimum absolute atomic E-state index is 0.256. The predicted octanol–water partition coefficient (Wildman–Crippen LogP) is 4.51. The Balaban J connectivity index is 2.04. The minimum Gasteiger partial charge on any atom is -0.444 e. The average molecular weight is 365 g/mol. The van der Waals surface area contributed by atoms with Crippen molar-refractivity contribution in [1.82, 2.24) is 0 Å². The van der Waals surface area contributed by atoms with Crippen LogP contribution in [0, 0.1) is 0 Å². The maximum Gasteiger partial charge on any atom is 0.412 e. The molecule has 0 aliphatic carbocycles. The molecule has 0 aliphatic rings. The van der Waals surface area contributed by atoms with Crippen LogP contribution >= 0.6 is 10.8 Å². The van der Waals surface area contributed by atoms with Crippen LogP contribution in [0.25, 0.3) is 0 Å². The summed E-state index contributed by atoms with van der Waals surface area (Å²) in [4.78, 5) is 12.5. The Kier molecular flexibility index (Phi) is 5.56. The molecule has 0 fully saturated rings. The molecule has 1 N–H and O–H groups in total. The van der Waals surface area contributed by atoms with Crippen molar-refractivity contribution in [3.63, 3.8) is 0 Å². The maximum atomic E-state index is 12.3. The monoisotopic (exact) mass is 365 g/mol. The highest BCUT2D eigenvalue weighted by atomic mass is 33.1. The molecule has 0 aliphatic heterocycles. The molecule has 0 aromatic heterocycles. The molecule has 0 heterocycles. The number of benzene rings is 2. The lowest BCUT2D eigenvalue weighted by Crippen LogP contribution is -2.27. The van der Waals surface area contributed by atoms with E-state index in [0.29, 0.717) is 10.6 Å². The molecule has 0 spiro atoms. The number of carbonyl (C=O) groups excluding carboxylic acids is 1. The number of amides is 1. The van der Waals surface area contributed by atoms with Gasteiger partial charge in [-0.3, -0.25) is 5.32 Å². The second kappa shape index (κ2) is 7.27. The van der Waals surface area contributed by atoms with Gasteiger partial charge < -0.3 is 4.74 Å². The van der Waals surface area contributed by atoms with Gasteiger partial charge in [-0.2, -0.15) is 0 Å². The molecule has 0 unspecified atom stereocenters. The van der Waals surface area contributed by atoms with Gasteiger partial charge in [-0.15, -0.1) is 0 Å². The van der Waals surface area contributed by atoms with Gasteiger partial charge in [0.25, 0.3) is 0 Å². The van der Waals surface area contributed by atoms with E-state index in [9.17, 15) is 13.2 Å². The van der Waals surface area contributed by atoms with E-state index in [2.05, 4.69) is 5.32 Å². The second-order valence-electron chi connectivity index (χ2n) is 6.00. The summed E-state index contributed by atoms with van der Waals surface area (Å²) in [5, 5.41) is 2.60. The SMILES string of the molecule is CC(C)(C)OC(=O)Nc1ccc(SS(=O)(=O)c2ccccc2)cc1. The van der Waals surface area contributed by atoms with Crippen molar-refractivity contribution >= 4 is 31.4 Å². The van der Waals surface area contributed by atoms with Gasteiger partial charge in [-0.1, -0.05) is 18.2 Å². The summed E-state index contributed by atoms with van der Waals surface area (Å²) in [5.41, 5.74) is -0.0467. The first-order chi connectivity index (χ1) is 11.2. The Hall–Kier alpha value is -1.99.